The van der Waals surface area contributed by atoms with Crippen LogP contribution in [-0.4, -0.2) is 31.1 Å². The summed E-state index contributed by atoms with van der Waals surface area (Å²) < 4.78 is 5.32. The number of nitrogens with two attached hydrogens (primary N) is 1. The van der Waals surface area contributed by atoms with Crippen LogP contribution in [0.2, 0.25) is 0 Å². The van der Waals surface area contributed by atoms with Gasteiger partial charge in [-0.1, -0.05) is 26.0 Å². The Morgan fingerprint density at radius 2 is 2.00 bits per heavy atom. The van der Waals surface area contributed by atoms with Gasteiger partial charge < -0.3 is 10.5 Å². The Morgan fingerprint density at radius 3 is 2.42 bits per heavy atom. The predicted octanol–water partition coefficient (Wildman–Crippen LogP) is 3.12. The van der Waals surface area contributed by atoms with Gasteiger partial charge in [0.1, 0.15) is 5.75 Å². The first-order valence-electron chi connectivity index (χ1n) is 7.19. The monoisotopic (exact) mass is 264 g/mol. The third-order valence-electron chi connectivity index (χ3n) is 3.95. The molecule has 0 aliphatic rings. The minimum absolute atomic E-state index is 0.282. The van der Waals surface area contributed by atoms with Crippen molar-refractivity contribution >= 4 is 0 Å². The maximum absolute atomic E-state index is 6.02. The standard InChI is InChI=1S/C16H28N2O/c1-6-13(4)18(7-2)15(11-17)14-8-9-16(19-5)12(3)10-14/h8-10,13,15H,6-7,11,17H2,1-5H3. The predicted molar refractivity (Wildman–Crippen MR) is 81.7 cm³/mol. The number of hydrogen-bond acceptors (Lipinski definition) is 3. The van der Waals surface area contributed by atoms with E-state index >= 15 is 0 Å². The van der Waals surface area contributed by atoms with E-state index in [1.165, 1.54) is 11.1 Å². The summed E-state index contributed by atoms with van der Waals surface area (Å²) in [4.78, 5) is 2.47. The Labute approximate surface area is 117 Å². The van der Waals surface area contributed by atoms with Crippen LogP contribution in [-0.2, 0) is 0 Å². The first-order valence-corrected chi connectivity index (χ1v) is 7.19. The number of rotatable bonds is 7. The van der Waals surface area contributed by atoms with E-state index in [9.17, 15) is 0 Å². The molecule has 1 aromatic rings. The van der Waals surface area contributed by atoms with E-state index < -0.39 is 0 Å². The van der Waals surface area contributed by atoms with Crippen LogP contribution in [0.15, 0.2) is 18.2 Å². The molecular formula is C16H28N2O. The molecule has 0 spiro atoms. The zero-order valence-corrected chi connectivity index (χ0v) is 12.9. The van der Waals surface area contributed by atoms with Gasteiger partial charge in [0.15, 0.2) is 0 Å². The van der Waals surface area contributed by atoms with Crippen molar-refractivity contribution in [3.05, 3.63) is 29.3 Å². The fraction of sp³-hybridized carbons (Fsp3) is 0.625. The average molecular weight is 264 g/mol. The third kappa shape index (κ3) is 3.71. The summed E-state index contributed by atoms with van der Waals surface area (Å²) in [6.45, 7) is 10.4. The van der Waals surface area contributed by atoms with Crippen molar-refractivity contribution in [3.63, 3.8) is 0 Å². The summed E-state index contributed by atoms with van der Waals surface area (Å²) in [5.74, 6) is 0.936. The molecule has 0 saturated carbocycles. The highest BCUT2D eigenvalue weighted by atomic mass is 16.5. The van der Waals surface area contributed by atoms with E-state index in [4.69, 9.17) is 10.5 Å². The summed E-state index contributed by atoms with van der Waals surface area (Å²) in [6.07, 6.45) is 1.14. The van der Waals surface area contributed by atoms with E-state index in [1.54, 1.807) is 7.11 Å². The largest absolute Gasteiger partial charge is 0.496 e. The molecule has 108 valence electrons. The quantitative estimate of drug-likeness (QED) is 0.822. The van der Waals surface area contributed by atoms with Crippen LogP contribution in [0.4, 0.5) is 0 Å². The van der Waals surface area contributed by atoms with Gasteiger partial charge in [-0.05, 0) is 44.0 Å². The van der Waals surface area contributed by atoms with Crippen molar-refractivity contribution in [1.29, 1.82) is 0 Å². The second kappa shape index (κ2) is 7.51. The number of methoxy groups -OCH3 is 1. The van der Waals surface area contributed by atoms with Crippen molar-refractivity contribution in [2.45, 2.75) is 46.2 Å². The van der Waals surface area contributed by atoms with Gasteiger partial charge in [-0.2, -0.15) is 0 Å². The number of nitrogens with zero attached hydrogens (tertiary/aromatic N) is 1. The SMILES string of the molecule is CCC(C)N(CC)C(CN)c1ccc(OC)c(C)c1. The molecule has 0 saturated heterocycles. The highest BCUT2D eigenvalue weighted by Gasteiger charge is 2.22. The molecule has 0 aromatic heterocycles. The Balaban J connectivity index is 3.04. The van der Waals surface area contributed by atoms with Gasteiger partial charge in [0.2, 0.25) is 0 Å². The van der Waals surface area contributed by atoms with E-state index in [1.807, 2.05) is 6.07 Å². The molecular weight excluding hydrogens is 236 g/mol. The second-order valence-electron chi connectivity index (χ2n) is 5.07. The lowest BCUT2D eigenvalue weighted by atomic mass is 10.0. The van der Waals surface area contributed by atoms with Gasteiger partial charge in [-0.25, -0.2) is 0 Å². The van der Waals surface area contributed by atoms with Crippen LogP contribution < -0.4 is 10.5 Å². The van der Waals surface area contributed by atoms with E-state index in [2.05, 4.69) is 44.7 Å². The van der Waals surface area contributed by atoms with Crippen molar-refractivity contribution in [2.24, 2.45) is 5.73 Å². The summed E-state index contributed by atoms with van der Waals surface area (Å²) in [7, 11) is 1.71. The van der Waals surface area contributed by atoms with Crippen LogP contribution in [0.1, 0.15) is 44.4 Å². The van der Waals surface area contributed by atoms with Crippen LogP contribution in [0.5, 0.6) is 5.75 Å². The lowest BCUT2D eigenvalue weighted by molar-refractivity contribution is 0.152. The fourth-order valence-corrected chi connectivity index (χ4v) is 2.65. The number of likely N-dealkylation sites (N-methyl/N-ethyl adjacent to an activating group) is 1. The molecule has 2 unspecified atom stereocenters. The number of benzene rings is 1. The molecule has 3 heteroatoms. The van der Waals surface area contributed by atoms with Gasteiger partial charge in [-0.15, -0.1) is 0 Å². The third-order valence-corrected chi connectivity index (χ3v) is 3.95. The molecule has 0 fully saturated rings. The molecule has 2 N–H and O–H groups in total. The smallest absolute Gasteiger partial charge is 0.121 e. The number of ether oxygens (including phenoxy) is 1. The van der Waals surface area contributed by atoms with Crippen molar-refractivity contribution in [2.75, 3.05) is 20.2 Å². The Hall–Kier alpha value is -1.06. The first kappa shape index (κ1) is 16.0. The van der Waals surface area contributed by atoms with Gasteiger partial charge >= 0.3 is 0 Å². The second-order valence-corrected chi connectivity index (χ2v) is 5.07. The lowest BCUT2D eigenvalue weighted by Crippen LogP contribution is -2.39. The normalized spacial score (nSPS) is 14.5. The van der Waals surface area contributed by atoms with Crippen LogP contribution in [0, 0.1) is 6.92 Å². The lowest BCUT2D eigenvalue weighted by Gasteiger charge is -2.35. The average Bonchev–Trinajstić information content (AvgIpc) is 2.43. The maximum atomic E-state index is 6.02. The Morgan fingerprint density at radius 1 is 1.32 bits per heavy atom. The molecule has 0 aliphatic carbocycles. The molecule has 0 amide bonds. The first-order chi connectivity index (χ1) is 9.08. The van der Waals surface area contributed by atoms with E-state index in [0.717, 1.165) is 18.7 Å². The Bertz CT molecular complexity index is 392. The van der Waals surface area contributed by atoms with Crippen LogP contribution in [0.25, 0.3) is 0 Å². The van der Waals surface area contributed by atoms with E-state index in [0.29, 0.717) is 12.6 Å². The molecule has 2 atom stereocenters. The topological polar surface area (TPSA) is 38.5 Å². The summed E-state index contributed by atoms with van der Waals surface area (Å²) in [6, 6.07) is 7.19. The number of hydrogen-bond donors (Lipinski definition) is 1. The molecule has 1 rings (SSSR count). The maximum Gasteiger partial charge on any atom is 0.121 e. The highest BCUT2D eigenvalue weighted by Crippen LogP contribution is 2.27. The summed E-state index contributed by atoms with van der Waals surface area (Å²) >= 11 is 0. The molecule has 0 heterocycles. The van der Waals surface area contributed by atoms with Gasteiger partial charge in [0, 0.05) is 18.6 Å². The molecule has 0 radical (unpaired) electrons. The highest BCUT2D eigenvalue weighted by molar-refractivity contribution is 5.37. The van der Waals surface area contributed by atoms with Gasteiger partial charge in [0.05, 0.1) is 7.11 Å². The Kier molecular flexibility index (Phi) is 6.32. The molecule has 0 aliphatic heterocycles. The molecule has 1 aromatic carbocycles. The van der Waals surface area contributed by atoms with Crippen LogP contribution >= 0.6 is 0 Å². The minimum Gasteiger partial charge on any atom is -0.496 e. The van der Waals surface area contributed by atoms with Crippen molar-refractivity contribution in [1.82, 2.24) is 4.90 Å². The van der Waals surface area contributed by atoms with Gasteiger partial charge in [0.25, 0.3) is 0 Å². The minimum atomic E-state index is 0.282. The van der Waals surface area contributed by atoms with Crippen molar-refractivity contribution in [3.8, 4) is 5.75 Å². The number of aryl methyl sites for hydroxylation is 1. The van der Waals surface area contributed by atoms with E-state index in [-0.39, 0.29) is 6.04 Å². The fourth-order valence-electron chi connectivity index (χ4n) is 2.65. The summed E-state index contributed by atoms with van der Waals surface area (Å²) in [5, 5.41) is 0. The molecule has 19 heavy (non-hydrogen) atoms. The molecule has 3 nitrogen and oxygen atoms in total. The zero-order chi connectivity index (χ0) is 14.4. The van der Waals surface area contributed by atoms with Crippen LogP contribution in [0.3, 0.4) is 0 Å². The zero-order valence-electron chi connectivity index (χ0n) is 12.9. The molecule has 0 bridgehead atoms. The summed E-state index contributed by atoms with van der Waals surface area (Å²) in [5.41, 5.74) is 8.47. The van der Waals surface area contributed by atoms with Crippen molar-refractivity contribution < 1.29 is 4.74 Å². The van der Waals surface area contributed by atoms with Gasteiger partial charge in [-0.3, -0.25) is 4.90 Å².